The third-order valence-corrected chi connectivity index (χ3v) is 1.85. The minimum Gasteiger partial charge on any atom is -0.465 e. The Morgan fingerprint density at radius 2 is 2.50 bits per heavy atom. The number of esters is 1. The lowest BCUT2D eigenvalue weighted by Gasteiger charge is -2.35. The van der Waals surface area contributed by atoms with Crippen LogP contribution in [-0.4, -0.2) is 37.1 Å². The van der Waals surface area contributed by atoms with Crippen LogP contribution in [0.15, 0.2) is 0 Å². The topological polar surface area (TPSA) is 29.5 Å². The van der Waals surface area contributed by atoms with Crippen LogP contribution in [0.5, 0.6) is 0 Å². The van der Waals surface area contributed by atoms with Crippen molar-refractivity contribution < 1.29 is 9.53 Å². The van der Waals surface area contributed by atoms with Crippen LogP contribution in [0.4, 0.5) is 0 Å². The molecule has 0 aromatic heterocycles. The van der Waals surface area contributed by atoms with Crippen LogP contribution in [0.1, 0.15) is 13.3 Å². The van der Waals surface area contributed by atoms with Crippen LogP contribution in [0, 0.1) is 0 Å². The number of ether oxygens (including phenoxy) is 1. The molecular formula is C7H13NO2. The van der Waals surface area contributed by atoms with Gasteiger partial charge >= 0.3 is 5.97 Å². The van der Waals surface area contributed by atoms with Gasteiger partial charge in [-0.1, -0.05) is 0 Å². The summed E-state index contributed by atoms with van der Waals surface area (Å²) in [7, 11) is 1.94. The molecule has 0 N–H and O–H groups in total. The summed E-state index contributed by atoms with van der Waals surface area (Å²) in [6.45, 7) is 3.34. The first-order chi connectivity index (χ1) is 4.75. The van der Waals surface area contributed by atoms with Crippen molar-refractivity contribution >= 4 is 5.97 Å². The third kappa shape index (κ3) is 1.29. The monoisotopic (exact) mass is 143 g/mol. The highest BCUT2D eigenvalue weighted by atomic mass is 16.5. The van der Waals surface area contributed by atoms with Crippen molar-refractivity contribution in [1.82, 2.24) is 4.90 Å². The summed E-state index contributed by atoms with van der Waals surface area (Å²) < 4.78 is 4.84. The number of carbonyl (C=O) groups is 1. The lowest BCUT2D eigenvalue weighted by atomic mass is 10.1. The Morgan fingerprint density at radius 1 is 1.80 bits per heavy atom. The summed E-state index contributed by atoms with van der Waals surface area (Å²) in [5.74, 6) is -0.0729. The molecule has 0 radical (unpaired) electrons. The molecule has 1 aliphatic heterocycles. The van der Waals surface area contributed by atoms with Gasteiger partial charge in [-0.15, -0.1) is 0 Å². The summed E-state index contributed by atoms with van der Waals surface area (Å²) in [6, 6.07) is 0.0416. The predicted octanol–water partition coefficient (Wildman–Crippen LogP) is 0.254. The van der Waals surface area contributed by atoms with E-state index in [2.05, 4.69) is 0 Å². The second-order valence-electron chi connectivity index (χ2n) is 2.54. The lowest BCUT2D eigenvalue weighted by molar-refractivity contribution is -0.153. The summed E-state index contributed by atoms with van der Waals surface area (Å²) in [5, 5.41) is 0. The van der Waals surface area contributed by atoms with Gasteiger partial charge in [-0.2, -0.15) is 0 Å². The van der Waals surface area contributed by atoms with Crippen LogP contribution in [0.3, 0.4) is 0 Å². The van der Waals surface area contributed by atoms with E-state index in [1.54, 1.807) is 0 Å². The van der Waals surface area contributed by atoms with Gasteiger partial charge in [-0.05, 0) is 20.4 Å². The molecule has 0 aromatic rings. The molecule has 3 heteroatoms. The molecule has 58 valence electrons. The molecule has 1 aliphatic rings. The highest BCUT2D eigenvalue weighted by Gasteiger charge is 2.31. The number of hydrogen-bond acceptors (Lipinski definition) is 3. The second kappa shape index (κ2) is 3.01. The average Bonchev–Trinajstić information content (AvgIpc) is 1.85. The van der Waals surface area contributed by atoms with Gasteiger partial charge in [-0.25, -0.2) is 0 Å². The van der Waals surface area contributed by atoms with Gasteiger partial charge in [0, 0.05) is 6.54 Å². The molecule has 0 unspecified atom stereocenters. The van der Waals surface area contributed by atoms with Crippen LogP contribution in [0.2, 0.25) is 0 Å². The van der Waals surface area contributed by atoms with E-state index in [1.165, 1.54) is 0 Å². The fourth-order valence-corrected chi connectivity index (χ4v) is 1.05. The smallest absolute Gasteiger partial charge is 0.323 e. The Kier molecular flexibility index (Phi) is 2.27. The standard InChI is InChI=1S/C7H13NO2/c1-3-10-7(9)6-4-5-8(6)2/h6H,3-5H2,1-2H3/t6-/m0/s1. The molecule has 0 bridgehead atoms. The van der Waals surface area contributed by atoms with E-state index >= 15 is 0 Å². The number of carbonyl (C=O) groups excluding carboxylic acids is 1. The van der Waals surface area contributed by atoms with Crippen molar-refractivity contribution in [3.05, 3.63) is 0 Å². The molecule has 1 atom stereocenters. The maximum absolute atomic E-state index is 11.0. The van der Waals surface area contributed by atoms with Gasteiger partial charge in [0.15, 0.2) is 0 Å². The summed E-state index contributed by atoms with van der Waals surface area (Å²) in [4.78, 5) is 13.0. The molecule has 1 saturated heterocycles. The summed E-state index contributed by atoms with van der Waals surface area (Å²) in [6.07, 6.45) is 0.954. The first kappa shape index (κ1) is 7.54. The molecule has 0 aromatic carbocycles. The number of likely N-dealkylation sites (tertiary alicyclic amines) is 1. The molecule has 0 spiro atoms. The van der Waals surface area contributed by atoms with Crippen LogP contribution >= 0.6 is 0 Å². The van der Waals surface area contributed by atoms with Crippen molar-refractivity contribution in [1.29, 1.82) is 0 Å². The first-order valence-corrected chi connectivity index (χ1v) is 3.62. The molecule has 0 amide bonds. The van der Waals surface area contributed by atoms with E-state index in [4.69, 9.17) is 4.74 Å². The molecule has 0 saturated carbocycles. The molecule has 10 heavy (non-hydrogen) atoms. The van der Waals surface area contributed by atoms with E-state index in [9.17, 15) is 4.79 Å². The zero-order chi connectivity index (χ0) is 7.56. The molecule has 1 heterocycles. The molecule has 0 aliphatic carbocycles. The zero-order valence-corrected chi connectivity index (χ0v) is 6.46. The van der Waals surface area contributed by atoms with Crippen LogP contribution < -0.4 is 0 Å². The highest BCUT2D eigenvalue weighted by molar-refractivity contribution is 5.76. The lowest BCUT2D eigenvalue weighted by Crippen LogP contribution is -2.50. The number of likely N-dealkylation sites (N-methyl/N-ethyl adjacent to an activating group) is 1. The van der Waals surface area contributed by atoms with E-state index in [-0.39, 0.29) is 12.0 Å². The Hall–Kier alpha value is -0.570. The van der Waals surface area contributed by atoms with Crippen molar-refractivity contribution in [3.63, 3.8) is 0 Å². The van der Waals surface area contributed by atoms with E-state index in [0.29, 0.717) is 6.61 Å². The predicted molar refractivity (Wildman–Crippen MR) is 37.7 cm³/mol. The fraction of sp³-hybridized carbons (Fsp3) is 0.857. The Balaban J connectivity index is 2.27. The molecule has 1 fully saturated rings. The minimum atomic E-state index is -0.0729. The minimum absolute atomic E-state index is 0.0416. The molecule has 3 nitrogen and oxygen atoms in total. The highest BCUT2D eigenvalue weighted by Crippen LogP contribution is 2.15. The number of rotatable bonds is 2. The van der Waals surface area contributed by atoms with Gasteiger partial charge in [0.25, 0.3) is 0 Å². The van der Waals surface area contributed by atoms with E-state index < -0.39 is 0 Å². The number of hydrogen-bond donors (Lipinski definition) is 0. The Labute approximate surface area is 61.0 Å². The van der Waals surface area contributed by atoms with Gasteiger partial charge < -0.3 is 4.74 Å². The van der Waals surface area contributed by atoms with Crippen molar-refractivity contribution in [2.24, 2.45) is 0 Å². The summed E-state index contributed by atoms with van der Waals surface area (Å²) >= 11 is 0. The third-order valence-electron chi connectivity index (χ3n) is 1.85. The second-order valence-corrected chi connectivity index (χ2v) is 2.54. The molecule has 1 rings (SSSR count). The van der Waals surface area contributed by atoms with E-state index in [0.717, 1.165) is 13.0 Å². The Bertz CT molecular complexity index is 136. The first-order valence-electron chi connectivity index (χ1n) is 3.62. The van der Waals surface area contributed by atoms with Crippen molar-refractivity contribution in [2.75, 3.05) is 20.2 Å². The quantitative estimate of drug-likeness (QED) is 0.519. The Morgan fingerprint density at radius 3 is 2.80 bits per heavy atom. The normalized spacial score (nSPS) is 25.6. The van der Waals surface area contributed by atoms with Crippen LogP contribution in [0.25, 0.3) is 0 Å². The SMILES string of the molecule is CCOC(=O)[C@@H]1CCN1C. The van der Waals surface area contributed by atoms with Gasteiger partial charge in [0.1, 0.15) is 6.04 Å². The van der Waals surface area contributed by atoms with E-state index in [1.807, 2.05) is 18.9 Å². The fourth-order valence-electron chi connectivity index (χ4n) is 1.05. The van der Waals surface area contributed by atoms with Crippen LogP contribution in [-0.2, 0) is 9.53 Å². The van der Waals surface area contributed by atoms with Gasteiger partial charge in [0.05, 0.1) is 6.61 Å². The largest absolute Gasteiger partial charge is 0.465 e. The summed E-state index contributed by atoms with van der Waals surface area (Å²) in [5.41, 5.74) is 0. The van der Waals surface area contributed by atoms with Gasteiger partial charge in [-0.3, -0.25) is 9.69 Å². The van der Waals surface area contributed by atoms with Crippen molar-refractivity contribution in [3.8, 4) is 0 Å². The maximum Gasteiger partial charge on any atom is 0.323 e. The molecular weight excluding hydrogens is 130 g/mol. The number of nitrogens with zero attached hydrogens (tertiary/aromatic N) is 1. The van der Waals surface area contributed by atoms with Crippen molar-refractivity contribution in [2.45, 2.75) is 19.4 Å². The average molecular weight is 143 g/mol. The maximum atomic E-state index is 11.0. The van der Waals surface area contributed by atoms with Gasteiger partial charge in [0.2, 0.25) is 0 Å². The zero-order valence-electron chi connectivity index (χ0n) is 6.46.